The van der Waals surface area contributed by atoms with Gasteiger partial charge in [-0.15, -0.1) is 0 Å². The van der Waals surface area contributed by atoms with Gasteiger partial charge in [0, 0.05) is 6.42 Å². The molecule has 0 aliphatic heterocycles. The first-order valence-electron chi connectivity index (χ1n) is 11.1. The normalized spacial score (nSPS) is 20.7. The van der Waals surface area contributed by atoms with E-state index in [2.05, 4.69) is 31.2 Å². The van der Waals surface area contributed by atoms with Crippen molar-refractivity contribution in [3.05, 3.63) is 35.4 Å². The summed E-state index contributed by atoms with van der Waals surface area (Å²) in [4.78, 5) is 0. The maximum absolute atomic E-state index is 12.2. The van der Waals surface area contributed by atoms with Gasteiger partial charge in [0.05, 0.1) is 0 Å². The van der Waals surface area contributed by atoms with Crippen molar-refractivity contribution in [2.45, 2.75) is 109 Å². The van der Waals surface area contributed by atoms with Crippen LogP contribution in [0.2, 0.25) is 0 Å². The zero-order valence-corrected chi connectivity index (χ0v) is 17.0. The Balaban J connectivity index is 1.64. The molecule has 0 aromatic heterocycles. The Kier molecular flexibility index (Phi) is 9.72. The lowest BCUT2D eigenvalue weighted by molar-refractivity contribution is -0.135. The van der Waals surface area contributed by atoms with E-state index in [9.17, 15) is 13.2 Å². The molecule has 0 atom stereocenters. The van der Waals surface area contributed by atoms with Gasteiger partial charge in [-0.25, -0.2) is 0 Å². The molecule has 0 heterocycles. The number of rotatable bonds is 11. The molecule has 1 aliphatic carbocycles. The Morgan fingerprint density at radius 3 is 2.11 bits per heavy atom. The summed E-state index contributed by atoms with van der Waals surface area (Å²) >= 11 is 0. The van der Waals surface area contributed by atoms with Crippen LogP contribution in [0.3, 0.4) is 0 Å². The molecule has 3 heteroatoms. The molecule has 1 aliphatic rings. The molecule has 1 aromatic rings. The van der Waals surface area contributed by atoms with Gasteiger partial charge in [0.2, 0.25) is 0 Å². The Morgan fingerprint density at radius 2 is 1.48 bits per heavy atom. The summed E-state index contributed by atoms with van der Waals surface area (Å²) in [7, 11) is 0. The van der Waals surface area contributed by atoms with Crippen LogP contribution in [-0.2, 0) is 6.42 Å². The largest absolute Gasteiger partial charge is 0.389 e. The third-order valence-corrected chi connectivity index (χ3v) is 6.19. The zero-order chi connectivity index (χ0) is 19.5. The van der Waals surface area contributed by atoms with Crippen molar-refractivity contribution in [2.75, 3.05) is 0 Å². The summed E-state index contributed by atoms with van der Waals surface area (Å²) in [6.45, 7) is 2.27. The molecule has 0 amide bonds. The number of benzene rings is 1. The molecule has 0 saturated heterocycles. The number of hydrogen-bond donors (Lipinski definition) is 0. The molecule has 1 aromatic carbocycles. The maximum Gasteiger partial charge on any atom is 0.389 e. The van der Waals surface area contributed by atoms with Crippen molar-refractivity contribution in [1.29, 1.82) is 0 Å². The lowest BCUT2D eigenvalue weighted by Gasteiger charge is -2.29. The van der Waals surface area contributed by atoms with Gasteiger partial charge in [-0.2, -0.15) is 13.2 Å². The first kappa shape index (κ1) is 22.3. The van der Waals surface area contributed by atoms with E-state index in [1.54, 1.807) is 0 Å². The fraction of sp³-hybridized carbons (Fsp3) is 0.750. The predicted molar refractivity (Wildman–Crippen MR) is 108 cm³/mol. The van der Waals surface area contributed by atoms with Gasteiger partial charge in [-0.3, -0.25) is 0 Å². The van der Waals surface area contributed by atoms with Crippen molar-refractivity contribution in [3.63, 3.8) is 0 Å². The van der Waals surface area contributed by atoms with Crippen molar-refractivity contribution in [1.82, 2.24) is 0 Å². The Hall–Kier alpha value is -0.990. The van der Waals surface area contributed by atoms with Crippen LogP contribution in [0.4, 0.5) is 13.2 Å². The van der Waals surface area contributed by atoms with Crippen molar-refractivity contribution in [2.24, 2.45) is 5.92 Å². The minimum atomic E-state index is -4.02. The second kappa shape index (κ2) is 11.8. The van der Waals surface area contributed by atoms with Gasteiger partial charge in [0.25, 0.3) is 0 Å². The summed E-state index contributed by atoms with van der Waals surface area (Å²) in [5.74, 6) is 1.61. The highest BCUT2D eigenvalue weighted by atomic mass is 19.4. The van der Waals surface area contributed by atoms with Crippen molar-refractivity contribution in [3.8, 4) is 0 Å². The molecule has 0 nitrogen and oxygen atoms in total. The molecule has 0 spiro atoms. The first-order valence-corrected chi connectivity index (χ1v) is 11.1. The molecule has 154 valence electrons. The van der Waals surface area contributed by atoms with Crippen LogP contribution in [0, 0.1) is 5.92 Å². The minimum Gasteiger partial charge on any atom is -0.171 e. The van der Waals surface area contributed by atoms with Gasteiger partial charge < -0.3 is 0 Å². The van der Waals surface area contributed by atoms with Gasteiger partial charge >= 0.3 is 6.18 Å². The number of alkyl halides is 3. The summed E-state index contributed by atoms with van der Waals surface area (Å²) in [5, 5.41) is 0. The van der Waals surface area contributed by atoms with Gasteiger partial charge in [0.15, 0.2) is 0 Å². The molecular weight excluding hydrogens is 345 g/mol. The quantitative estimate of drug-likeness (QED) is 0.336. The van der Waals surface area contributed by atoms with E-state index in [1.807, 2.05) is 0 Å². The standard InChI is InChI=1S/C24H37F3/c1-2-3-4-5-6-9-20-11-15-22(16-12-20)23-17-13-21(14-18-23)10-7-8-19-24(25,26)27/h13-14,17-18,20,22H,2-12,15-16,19H2,1H3/t20-,22-. The van der Waals surface area contributed by atoms with Gasteiger partial charge in [0.1, 0.15) is 0 Å². The van der Waals surface area contributed by atoms with Crippen LogP contribution in [0.15, 0.2) is 24.3 Å². The van der Waals surface area contributed by atoms with Crippen LogP contribution in [0.5, 0.6) is 0 Å². The average molecular weight is 383 g/mol. The SMILES string of the molecule is CCCCCCC[C@H]1CC[C@H](c2ccc(CCCCC(F)(F)F)cc2)CC1. The Morgan fingerprint density at radius 1 is 0.815 bits per heavy atom. The molecule has 0 bridgehead atoms. The van der Waals surface area contributed by atoms with E-state index < -0.39 is 12.6 Å². The highest BCUT2D eigenvalue weighted by molar-refractivity contribution is 5.26. The van der Waals surface area contributed by atoms with E-state index >= 15 is 0 Å². The number of hydrogen-bond acceptors (Lipinski definition) is 0. The monoisotopic (exact) mass is 382 g/mol. The third kappa shape index (κ3) is 9.17. The fourth-order valence-electron chi connectivity index (χ4n) is 4.43. The van der Waals surface area contributed by atoms with E-state index in [1.165, 1.54) is 75.3 Å². The predicted octanol–water partition coefficient (Wildman–Crippen LogP) is 8.60. The zero-order valence-electron chi connectivity index (χ0n) is 17.0. The molecule has 0 unspecified atom stereocenters. The summed E-state index contributed by atoms with van der Waals surface area (Å²) < 4.78 is 36.6. The number of halogens is 3. The topological polar surface area (TPSA) is 0 Å². The first-order chi connectivity index (χ1) is 13.0. The fourth-order valence-corrected chi connectivity index (χ4v) is 4.43. The highest BCUT2D eigenvalue weighted by Gasteiger charge is 2.26. The lowest BCUT2D eigenvalue weighted by atomic mass is 9.77. The van der Waals surface area contributed by atoms with E-state index in [4.69, 9.17) is 0 Å². The van der Waals surface area contributed by atoms with Crippen LogP contribution in [-0.4, -0.2) is 6.18 Å². The maximum atomic E-state index is 12.2. The second-order valence-electron chi connectivity index (χ2n) is 8.48. The van der Waals surface area contributed by atoms with E-state index in [0.29, 0.717) is 12.3 Å². The van der Waals surface area contributed by atoms with Crippen LogP contribution in [0.1, 0.15) is 107 Å². The van der Waals surface area contributed by atoms with Crippen molar-refractivity contribution >= 4 is 0 Å². The van der Waals surface area contributed by atoms with E-state index in [-0.39, 0.29) is 6.42 Å². The molecule has 0 N–H and O–H groups in total. The van der Waals surface area contributed by atoms with Crippen LogP contribution < -0.4 is 0 Å². The van der Waals surface area contributed by atoms with Crippen LogP contribution >= 0.6 is 0 Å². The third-order valence-electron chi connectivity index (χ3n) is 6.19. The second-order valence-corrected chi connectivity index (χ2v) is 8.48. The van der Waals surface area contributed by atoms with Gasteiger partial charge in [-0.05, 0) is 67.9 Å². The number of aryl methyl sites for hydroxylation is 1. The lowest BCUT2D eigenvalue weighted by Crippen LogP contribution is -2.13. The van der Waals surface area contributed by atoms with Crippen molar-refractivity contribution < 1.29 is 13.2 Å². The molecule has 27 heavy (non-hydrogen) atoms. The van der Waals surface area contributed by atoms with Gasteiger partial charge in [-0.1, -0.05) is 69.7 Å². The van der Waals surface area contributed by atoms with Crippen LogP contribution in [0.25, 0.3) is 0 Å². The number of unbranched alkanes of at least 4 members (excludes halogenated alkanes) is 5. The summed E-state index contributed by atoms with van der Waals surface area (Å²) in [5.41, 5.74) is 2.59. The Labute approximate surface area is 163 Å². The molecule has 1 fully saturated rings. The highest BCUT2D eigenvalue weighted by Crippen LogP contribution is 2.38. The minimum absolute atomic E-state index is 0.230. The van der Waals surface area contributed by atoms with E-state index in [0.717, 1.165) is 12.3 Å². The summed E-state index contributed by atoms with van der Waals surface area (Å²) in [6, 6.07) is 8.69. The smallest absolute Gasteiger partial charge is 0.171 e. The Bertz CT molecular complexity index is 495. The molecule has 2 rings (SSSR count). The molecule has 1 saturated carbocycles. The summed E-state index contributed by atoms with van der Waals surface area (Å²) in [6.07, 6.45) is 10.5. The average Bonchev–Trinajstić information content (AvgIpc) is 2.65. The molecular formula is C24H37F3. The molecule has 0 radical (unpaired) electrons.